The van der Waals surface area contributed by atoms with Gasteiger partial charge in [-0.1, -0.05) is 6.92 Å². The van der Waals surface area contributed by atoms with Gasteiger partial charge in [-0.05, 0) is 58.3 Å². The van der Waals surface area contributed by atoms with Crippen LogP contribution < -0.4 is 5.32 Å². The normalized spacial score (nSPS) is 26.4. The van der Waals surface area contributed by atoms with Crippen LogP contribution in [0.15, 0.2) is 0 Å². The summed E-state index contributed by atoms with van der Waals surface area (Å²) in [7, 11) is 0. The van der Waals surface area contributed by atoms with E-state index in [4.69, 9.17) is 0 Å². The van der Waals surface area contributed by atoms with Crippen molar-refractivity contribution in [1.29, 1.82) is 0 Å². The van der Waals surface area contributed by atoms with Crippen molar-refractivity contribution in [2.45, 2.75) is 51.1 Å². The lowest BCUT2D eigenvalue weighted by molar-refractivity contribution is 0.0846. The molecule has 2 fully saturated rings. The van der Waals surface area contributed by atoms with Crippen molar-refractivity contribution >= 4 is 0 Å². The molecule has 0 spiro atoms. The fraction of sp³-hybridized carbons (Fsp3) is 1.00. The highest BCUT2D eigenvalue weighted by Gasteiger charge is 2.26. The summed E-state index contributed by atoms with van der Waals surface area (Å²) in [5, 5.41) is 12.9. The minimum atomic E-state index is 0.294. The lowest BCUT2D eigenvalue weighted by Crippen LogP contribution is -2.49. The molecular weight excluding hydrogens is 238 g/mol. The highest BCUT2D eigenvalue weighted by Crippen LogP contribution is 2.18. The molecule has 2 rings (SSSR count). The zero-order chi connectivity index (χ0) is 13.5. The molecule has 112 valence electrons. The van der Waals surface area contributed by atoms with Crippen LogP contribution in [-0.2, 0) is 0 Å². The number of aliphatic hydroxyl groups excluding tert-OH is 1. The van der Waals surface area contributed by atoms with Crippen LogP contribution in [0.25, 0.3) is 0 Å². The van der Waals surface area contributed by atoms with E-state index in [1.165, 1.54) is 58.3 Å². The first-order valence-corrected chi connectivity index (χ1v) is 8.14. The van der Waals surface area contributed by atoms with E-state index in [9.17, 15) is 5.11 Å². The van der Waals surface area contributed by atoms with Crippen molar-refractivity contribution in [3.8, 4) is 0 Å². The molecule has 2 aliphatic heterocycles. The minimum absolute atomic E-state index is 0.294. The highest BCUT2D eigenvalue weighted by molar-refractivity contribution is 4.84. The molecule has 2 N–H and O–H groups in total. The Hall–Kier alpha value is -0.160. The summed E-state index contributed by atoms with van der Waals surface area (Å²) in [6, 6.07) is 1.34. The fourth-order valence-electron chi connectivity index (χ4n) is 3.57. The quantitative estimate of drug-likeness (QED) is 0.720. The van der Waals surface area contributed by atoms with E-state index in [1.54, 1.807) is 0 Å². The first kappa shape index (κ1) is 15.2. The second-order valence-electron chi connectivity index (χ2n) is 6.08. The predicted molar refractivity (Wildman–Crippen MR) is 79.4 cm³/mol. The topological polar surface area (TPSA) is 38.7 Å². The predicted octanol–water partition coefficient (Wildman–Crippen LogP) is 0.907. The second kappa shape index (κ2) is 8.20. The number of likely N-dealkylation sites (tertiary alicyclic amines) is 1. The van der Waals surface area contributed by atoms with Gasteiger partial charge in [0.25, 0.3) is 0 Å². The van der Waals surface area contributed by atoms with Gasteiger partial charge in [-0.2, -0.15) is 0 Å². The van der Waals surface area contributed by atoms with Crippen LogP contribution in [0.1, 0.15) is 39.0 Å². The molecule has 0 amide bonds. The highest BCUT2D eigenvalue weighted by atomic mass is 16.3. The Morgan fingerprint density at radius 2 is 2.05 bits per heavy atom. The van der Waals surface area contributed by atoms with E-state index in [1.807, 2.05) is 0 Å². The van der Waals surface area contributed by atoms with Gasteiger partial charge in [0, 0.05) is 25.2 Å². The molecule has 2 aliphatic rings. The van der Waals surface area contributed by atoms with Crippen LogP contribution in [0, 0.1) is 0 Å². The van der Waals surface area contributed by atoms with Gasteiger partial charge < -0.3 is 15.3 Å². The maximum Gasteiger partial charge on any atom is 0.0558 e. The summed E-state index contributed by atoms with van der Waals surface area (Å²) >= 11 is 0. The van der Waals surface area contributed by atoms with Gasteiger partial charge in [-0.3, -0.25) is 4.90 Å². The number of nitrogens with one attached hydrogen (secondary N) is 1. The molecule has 4 heteroatoms. The number of hydrogen-bond acceptors (Lipinski definition) is 4. The summed E-state index contributed by atoms with van der Waals surface area (Å²) in [6.45, 7) is 9.41. The SMILES string of the molecule is CCCN1CCC(N(CCO)CC2CCCN2)CC1. The van der Waals surface area contributed by atoms with E-state index in [2.05, 4.69) is 22.0 Å². The van der Waals surface area contributed by atoms with Gasteiger partial charge in [0.2, 0.25) is 0 Å². The third-order valence-corrected chi connectivity index (χ3v) is 4.62. The molecule has 19 heavy (non-hydrogen) atoms. The maximum absolute atomic E-state index is 9.30. The number of hydrogen-bond donors (Lipinski definition) is 2. The summed E-state index contributed by atoms with van der Waals surface area (Å²) < 4.78 is 0. The molecule has 0 aromatic rings. The summed E-state index contributed by atoms with van der Waals surface area (Å²) in [4.78, 5) is 5.12. The third kappa shape index (κ3) is 4.71. The number of piperidine rings is 1. The van der Waals surface area contributed by atoms with E-state index < -0.39 is 0 Å². The van der Waals surface area contributed by atoms with Crippen molar-refractivity contribution in [3.63, 3.8) is 0 Å². The van der Waals surface area contributed by atoms with Crippen LogP contribution in [0.4, 0.5) is 0 Å². The number of rotatable bonds is 7. The smallest absolute Gasteiger partial charge is 0.0558 e. The molecule has 0 radical (unpaired) electrons. The van der Waals surface area contributed by atoms with Gasteiger partial charge in [-0.15, -0.1) is 0 Å². The van der Waals surface area contributed by atoms with Crippen LogP contribution in [0.3, 0.4) is 0 Å². The molecular formula is C15H31N3O. The van der Waals surface area contributed by atoms with Crippen molar-refractivity contribution in [1.82, 2.24) is 15.1 Å². The van der Waals surface area contributed by atoms with Crippen LogP contribution >= 0.6 is 0 Å². The molecule has 2 saturated heterocycles. The second-order valence-corrected chi connectivity index (χ2v) is 6.08. The standard InChI is InChI=1S/C15H31N3O/c1-2-8-17-9-5-15(6-10-17)18(11-12-19)13-14-4-3-7-16-14/h14-16,19H,2-13H2,1H3. The Balaban J connectivity index is 1.78. The van der Waals surface area contributed by atoms with E-state index in [0.29, 0.717) is 18.7 Å². The molecule has 2 heterocycles. The van der Waals surface area contributed by atoms with Gasteiger partial charge in [0.15, 0.2) is 0 Å². The fourth-order valence-corrected chi connectivity index (χ4v) is 3.57. The molecule has 0 aromatic carbocycles. The zero-order valence-corrected chi connectivity index (χ0v) is 12.5. The maximum atomic E-state index is 9.30. The third-order valence-electron chi connectivity index (χ3n) is 4.62. The number of aliphatic hydroxyl groups is 1. The van der Waals surface area contributed by atoms with Gasteiger partial charge in [0.05, 0.1) is 6.61 Å². The molecule has 4 nitrogen and oxygen atoms in total. The molecule has 0 aromatic heterocycles. The summed E-state index contributed by atoms with van der Waals surface area (Å²) in [6.07, 6.45) is 6.42. The van der Waals surface area contributed by atoms with Crippen molar-refractivity contribution < 1.29 is 5.11 Å². The molecule has 1 unspecified atom stereocenters. The first-order chi connectivity index (χ1) is 9.33. The van der Waals surface area contributed by atoms with Crippen molar-refractivity contribution in [3.05, 3.63) is 0 Å². The summed E-state index contributed by atoms with van der Waals surface area (Å²) in [5.74, 6) is 0. The summed E-state index contributed by atoms with van der Waals surface area (Å²) in [5.41, 5.74) is 0. The van der Waals surface area contributed by atoms with Crippen LogP contribution in [0.2, 0.25) is 0 Å². The van der Waals surface area contributed by atoms with Gasteiger partial charge in [-0.25, -0.2) is 0 Å². The largest absolute Gasteiger partial charge is 0.395 e. The lowest BCUT2D eigenvalue weighted by Gasteiger charge is -2.39. The lowest BCUT2D eigenvalue weighted by atomic mass is 10.0. The van der Waals surface area contributed by atoms with Crippen LogP contribution in [0.5, 0.6) is 0 Å². The van der Waals surface area contributed by atoms with Crippen molar-refractivity contribution in [2.24, 2.45) is 0 Å². The molecule has 0 bridgehead atoms. The number of nitrogens with zero attached hydrogens (tertiary/aromatic N) is 2. The Labute approximate surface area is 118 Å². The molecule has 1 atom stereocenters. The Kier molecular flexibility index (Phi) is 6.57. The average Bonchev–Trinajstić information content (AvgIpc) is 2.93. The van der Waals surface area contributed by atoms with E-state index in [-0.39, 0.29) is 0 Å². The Morgan fingerprint density at radius 3 is 2.63 bits per heavy atom. The first-order valence-electron chi connectivity index (χ1n) is 8.14. The van der Waals surface area contributed by atoms with Gasteiger partial charge in [0.1, 0.15) is 0 Å². The zero-order valence-electron chi connectivity index (χ0n) is 12.5. The van der Waals surface area contributed by atoms with Gasteiger partial charge >= 0.3 is 0 Å². The van der Waals surface area contributed by atoms with Crippen LogP contribution in [-0.4, -0.2) is 72.9 Å². The average molecular weight is 269 g/mol. The molecule has 0 saturated carbocycles. The monoisotopic (exact) mass is 269 g/mol. The Morgan fingerprint density at radius 1 is 1.26 bits per heavy atom. The van der Waals surface area contributed by atoms with E-state index in [0.717, 1.165) is 13.1 Å². The Bertz CT molecular complexity index is 236. The van der Waals surface area contributed by atoms with Crippen molar-refractivity contribution in [2.75, 3.05) is 45.9 Å². The minimum Gasteiger partial charge on any atom is -0.395 e. The molecule has 0 aliphatic carbocycles. The van der Waals surface area contributed by atoms with E-state index >= 15 is 0 Å².